The highest BCUT2D eigenvalue weighted by atomic mass is 16.3. The second-order valence-corrected chi connectivity index (χ2v) is 5.13. The number of hydrogen-bond donors (Lipinski definition) is 2. The summed E-state index contributed by atoms with van der Waals surface area (Å²) in [6.45, 7) is 8.13. The fourth-order valence-corrected chi connectivity index (χ4v) is 2.04. The quantitative estimate of drug-likeness (QED) is 0.858. The van der Waals surface area contributed by atoms with Crippen LogP contribution in [-0.4, -0.2) is 28.0 Å². The number of nitrogens with two attached hydrogens (primary N) is 1. The Bertz CT molecular complexity index is 444. The monoisotopic (exact) mass is 264 g/mol. The van der Waals surface area contributed by atoms with E-state index in [0.717, 1.165) is 5.56 Å². The van der Waals surface area contributed by atoms with Crippen LogP contribution >= 0.6 is 0 Å². The second kappa shape index (κ2) is 6.06. The number of likely N-dealkylation sites (N-methyl/N-ethyl adjacent to an activating group) is 1. The van der Waals surface area contributed by atoms with Crippen LogP contribution in [0, 0.1) is 0 Å². The number of amides is 1. The summed E-state index contributed by atoms with van der Waals surface area (Å²) in [6.07, 6.45) is 0.592. The zero-order valence-electron chi connectivity index (χ0n) is 12.2. The molecule has 0 aliphatic heterocycles. The summed E-state index contributed by atoms with van der Waals surface area (Å²) in [5.74, 6) is 0.146. The number of rotatable bonds is 5. The van der Waals surface area contributed by atoms with Crippen LogP contribution in [-0.2, 0) is 4.79 Å². The zero-order chi connectivity index (χ0) is 14.6. The fourth-order valence-electron chi connectivity index (χ4n) is 2.04. The molecule has 19 heavy (non-hydrogen) atoms. The van der Waals surface area contributed by atoms with Crippen molar-refractivity contribution < 1.29 is 9.90 Å². The van der Waals surface area contributed by atoms with Gasteiger partial charge in [0.25, 0.3) is 0 Å². The van der Waals surface area contributed by atoms with E-state index in [1.54, 1.807) is 30.0 Å². The molecule has 0 spiro atoms. The number of hydrogen-bond acceptors (Lipinski definition) is 3. The molecule has 0 fully saturated rings. The summed E-state index contributed by atoms with van der Waals surface area (Å²) in [5.41, 5.74) is 6.10. The third-order valence-corrected chi connectivity index (χ3v) is 3.64. The molecule has 0 aliphatic rings. The van der Waals surface area contributed by atoms with Crippen molar-refractivity contribution in [2.45, 2.75) is 45.7 Å². The van der Waals surface area contributed by atoms with Gasteiger partial charge in [0.05, 0.1) is 11.6 Å². The lowest BCUT2D eigenvalue weighted by Gasteiger charge is -2.35. The highest BCUT2D eigenvalue weighted by Crippen LogP contribution is 2.25. The van der Waals surface area contributed by atoms with E-state index in [0.29, 0.717) is 13.0 Å². The Morgan fingerprint density at radius 2 is 2.11 bits per heavy atom. The molecule has 3 N–H and O–H groups in total. The minimum Gasteiger partial charge on any atom is -0.508 e. The summed E-state index contributed by atoms with van der Waals surface area (Å²) in [5, 5.41) is 9.53. The maximum Gasteiger partial charge on any atom is 0.242 e. The van der Waals surface area contributed by atoms with Gasteiger partial charge in [-0.3, -0.25) is 4.79 Å². The fraction of sp³-hybridized carbons (Fsp3) is 0.533. The molecule has 0 saturated carbocycles. The van der Waals surface area contributed by atoms with Crippen molar-refractivity contribution >= 4 is 5.91 Å². The highest BCUT2D eigenvalue weighted by Gasteiger charge is 2.32. The van der Waals surface area contributed by atoms with E-state index in [9.17, 15) is 9.90 Å². The van der Waals surface area contributed by atoms with E-state index in [1.807, 2.05) is 26.8 Å². The van der Waals surface area contributed by atoms with Crippen LogP contribution in [0.15, 0.2) is 24.3 Å². The second-order valence-electron chi connectivity index (χ2n) is 5.13. The third-order valence-electron chi connectivity index (χ3n) is 3.64. The summed E-state index contributed by atoms with van der Waals surface area (Å²) in [4.78, 5) is 14.2. The molecule has 1 aromatic carbocycles. The maximum absolute atomic E-state index is 12.5. The molecule has 1 amide bonds. The molecule has 0 aliphatic carbocycles. The Hall–Kier alpha value is -1.55. The first kappa shape index (κ1) is 15.5. The molecule has 0 heterocycles. The maximum atomic E-state index is 12.5. The number of phenolic OH excluding ortho intramolecular Hbond substituents is 1. The zero-order valence-corrected chi connectivity index (χ0v) is 12.2. The standard InChI is InChI=1S/C15H24N2O2/c1-5-15(4,16)14(19)17(6-2)11(3)12-8-7-9-13(18)10-12/h7-11,18H,5-6,16H2,1-4H3. The van der Waals surface area contributed by atoms with Gasteiger partial charge in [0.1, 0.15) is 5.75 Å². The van der Waals surface area contributed by atoms with E-state index in [1.165, 1.54) is 0 Å². The topological polar surface area (TPSA) is 66.6 Å². The van der Waals surface area contributed by atoms with Crippen molar-refractivity contribution in [2.24, 2.45) is 5.73 Å². The lowest BCUT2D eigenvalue weighted by atomic mass is 9.96. The van der Waals surface area contributed by atoms with Crippen molar-refractivity contribution in [3.63, 3.8) is 0 Å². The third kappa shape index (κ3) is 3.47. The minimum atomic E-state index is -0.846. The lowest BCUT2D eigenvalue weighted by Crippen LogP contribution is -2.53. The van der Waals surface area contributed by atoms with Gasteiger partial charge in [-0.1, -0.05) is 19.1 Å². The van der Waals surface area contributed by atoms with E-state index in [2.05, 4.69) is 0 Å². The van der Waals surface area contributed by atoms with Gasteiger partial charge in [0.2, 0.25) is 5.91 Å². The van der Waals surface area contributed by atoms with Crippen LogP contribution in [0.3, 0.4) is 0 Å². The number of nitrogens with zero attached hydrogens (tertiary/aromatic N) is 1. The summed E-state index contributed by atoms with van der Waals surface area (Å²) < 4.78 is 0. The predicted octanol–water partition coefficient (Wildman–Crippen LogP) is 2.43. The molecule has 0 bridgehead atoms. The van der Waals surface area contributed by atoms with Crippen LogP contribution in [0.5, 0.6) is 5.75 Å². The Kier molecular flexibility index (Phi) is 4.95. The van der Waals surface area contributed by atoms with E-state index in [4.69, 9.17) is 5.73 Å². The normalized spacial score (nSPS) is 15.6. The SMILES string of the molecule is CCN(C(=O)C(C)(N)CC)C(C)c1cccc(O)c1. The van der Waals surface area contributed by atoms with Gasteiger partial charge in [-0.05, 0) is 44.9 Å². The van der Waals surface area contributed by atoms with Crippen LogP contribution in [0.1, 0.15) is 45.7 Å². The molecule has 0 aromatic heterocycles. The van der Waals surface area contributed by atoms with E-state index < -0.39 is 5.54 Å². The first-order valence-corrected chi connectivity index (χ1v) is 6.72. The van der Waals surface area contributed by atoms with E-state index in [-0.39, 0.29) is 17.7 Å². The lowest BCUT2D eigenvalue weighted by molar-refractivity contribution is -0.138. The van der Waals surface area contributed by atoms with E-state index >= 15 is 0 Å². The molecule has 0 radical (unpaired) electrons. The van der Waals surface area contributed by atoms with Gasteiger partial charge >= 0.3 is 0 Å². The average Bonchev–Trinajstić information content (AvgIpc) is 2.39. The van der Waals surface area contributed by atoms with Gasteiger partial charge < -0.3 is 15.7 Å². The molecular formula is C15H24N2O2. The molecule has 1 rings (SSSR count). The summed E-state index contributed by atoms with van der Waals surface area (Å²) >= 11 is 0. The average molecular weight is 264 g/mol. The molecule has 2 atom stereocenters. The number of phenols is 1. The van der Waals surface area contributed by atoms with Crippen molar-refractivity contribution in [2.75, 3.05) is 6.54 Å². The first-order chi connectivity index (χ1) is 8.83. The largest absolute Gasteiger partial charge is 0.508 e. The number of carbonyl (C=O) groups is 1. The molecular weight excluding hydrogens is 240 g/mol. The van der Waals surface area contributed by atoms with Crippen LogP contribution in [0.25, 0.3) is 0 Å². The van der Waals surface area contributed by atoms with Gasteiger partial charge in [-0.2, -0.15) is 0 Å². The molecule has 0 saturated heterocycles. The molecule has 106 valence electrons. The molecule has 1 aromatic rings. The highest BCUT2D eigenvalue weighted by molar-refractivity contribution is 5.86. The Labute approximate surface area is 115 Å². The summed E-state index contributed by atoms with van der Waals surface area (Å²) in [7, 11) is 0. The van der Waals surface area contributed by atoms with Gasteiger partial charge in [-0.15, -0.1) is 0 Å². The smallest absolute Gasteiger partial charge is 0.242 e. The first-order valence-electron chi connectivity index (χ1n) is 6.72. The Morgan fingerprint density at radius 1 is 1.47 bits per heavy atom. The van der Waals surface area contributed by atoms with Gasteiger partial charge in [0.15, 0.2) is 0 Å². The molecule has 2 unspecified atom stereocenters. The van der Waals surface area contributed by atoms with Crippen molar-refractivity contribution in [3.8, 4) is 5.75 Å². The number of aromatic hydroxyl groups is 1. The van der Waals surface area contributed by atoms with Crippen molar-refractivity contribution in [3.05, 3.63) is 29.8 Å². The van der Waals surface area contributed by atoms with Gasteiger partial charge in [0, 0.05) is 6.54 Å². The van der Waals surface area contributed by atoms with Crippen LogP contribution in [0.4, 0.5) is 0 Å². The van der Waals surface area contributed by atoms with Crippen molar-refractivity contribution in [1.82, 2.24) is 4.90 Å². The molecule has 4 heteroatoms. The molecule has 4 nitrogen and oxygen atoms in total. The number of carbonyl (C=O) groups excluding carboxylic acids is 1. The van der Waals surface area contributed by atoms with Gasteiger partial charge in [-0.25, -0.2) is 0 Å². The van der Waals surface area contributed by atoms with Crippen LogP contribution in [0.2, 0.25) is 0 Å². The van der Waals surface area contributed by atoms with Crippen molar-refractivity contribution in [1.29, 1.82) is 0 Å². The Balaban J connectivity index is 3.00. The summed E-state index contributed by atoms with van der Waals surface area (Å²) in [6, 6.07) is 6.87. The van der Waals surface area contributed by atoms with Crippen LogP contribution < -0.4 is 5.73 Å². The predicted molar refractivity (Wildman–Crippen MR) is 76.8 cm³/mol. The minimum absolute atomic E-state index is 0.0617. The Morgan fingerprint density at radius 3 is 2.58 bits per heavy atom. The number of benzene rings is 1.